The maximum Gasteiger partial charge on any atom is 0.677 e. The zero-order valence-corrected chi connectivity index (χ0v) is 23.4. The molecular formula is C28H22BCl2F2N5O2. The summed E-state index contributed by atoms with van der Waals surface area (Å²) >= 11 is 12.0. The van der Waals surface area contributed by atoms with E-state index in [2.05, 4.69) is 19.9 Å². The Bertz CT molecular complexity index is 1680. The Morgan fingerprint density at radius 3 is 1.93 bits per heavy atom. The van der Waals surface area contributed by atoms with Gasteiger partial charge in [0.15, 0.2) is 0 Å². The second-order valence-electron chi connectivity index (χ2n) is 9.12. The molecule has 0 aliphatic carbocycles. The fourth-order valence-electron chi connectivity index (χ4n) is 4.51. The summed E-state index contributed by atoms with van der Waals surface area (Å²) in [5.74, 6) is 0.846. The first-order valence-electron chi connectivity index (χ1n) is 12.2. The highest BCUT2D eigenvalue weighted by Gasteiger charge is 2.29. The number of aliphatic imine (C=N–C) groups is 1. The average molecular weight is 580 g/mol. The quantitative estimate of drug-likeness (QED) is 0.207. The van der Waals surface area contributed by atoms with Crippen LogP contribution in [0.2, 0.25) is 10.3 Å². The fraction of sp³-hybridized carbons (Fsp3) is 0.143. The summed E-state index contributed by atoms with van der Waals surface area (Å²) in [5.41, 5.74) is 5.23. The molecule has 0 amide bonds. The topological polar surface area (TPSA) is 74.4 Å². The average Bonchev–Trinajstić information content (AvgIpc) is 3.38. The van der Waals surface area contributed by atoms with Crippen LogP contribution in [0, 0.1) is 13.8 Å². The minimum absolute atomic E-state index is 0.0590. The van der Waals surface area contributed by atoms with Crippen molar-refractivity contribution in [2.75, 3.05) is 0 Å². The van der Waals surface area contributed by atoms with Crippen molar-refractivity contribution in [3.05, 3.63) is 105 Å². The summed E-state index contributed by atoms with van der Waals surface area (Å²) in [6, 6.07) is 15.2. The van der Waals surface area contributed by atoms with Crippen LogP contribution >= 0.6 is 23.2 Å². The first-order chi connectivity index (χ1) is 19.1. The predicted octanol–water partition coefficient (Wildman–Crippen LogP) is 8.13. The lowest BCUT2D eigenvalue weighted by atomic mass is 9.94. The standard InChI is InChI=1S/C28H22BCl2F2N5O2/c1-15-13-17(3)34-24(15)23(25-16(2)14-18(4)38(25)29(32)33)19-5-9-21(10-6-19)39-27-35-26(31)36-28(37-27)40-22-11-7-20(30)8-12-22/h5-14H,1-4H3/b24-23-. The highest BCUT2D eigenvalue weighted by molar-refractivity contribution is 6.41. The van der Waals surface area contributed by atoms with Crippen LogP contribution in [0.1, 0.15) is 36.4 Å². The number of aryl methyl sites for hydroxylation is 2. The lowest BCUT2D eigenvalue weighted by Crippen LogP contribution is -2.18. The van der Waals surface area contributed by atoms with Crippen molar-refractivity contribution in [2.24, 2.45) is 4.99 Å². The molecule has 0 N–H and O–H groups in total. The van der Waals surface area contributed by atoms with Gasteiger partial charge in [-0.05, 0) is 105 Å². The van der Waals surface area contributed by atoms with E-state index >= 15 is 0 Å². The Morgan fingerprint density at radius 2 is 1.40 bits per heavy atom. The summed E-state index contributed by atoms with van der Waals surface area (Å²) in [5, 5.41) is 0.439. The van der Waals surface area contributed by atoms with Crippen LogP contribution < -0.4 is 9.47 Å². The summed E-state index contributed by atoms with van der Waals surface area (Å²) < 4.78 is 40.9. The van der Waals surface area contributed by atoms with E-state index in [4.69, 9.17) is 32.7 Å². The Kier molecular flexibility index (Phi) is 7.73. The maximum atomic E-state index is 14.2. The third kappa shape index (κ3) is 5.78. The van der Waals surface area contributed by atoms with Gasteiger partial charge >= 0.3 is 19.4 Å². The van der Waals surface area contributed by atoms with Crippen molar-refractivity contribution in [3.8, 4) is 23.5 Å². The molecule has 202 valence electrons. The van der Waals surface area contributed by atoms with Crippen molar-refractivity contribution in [2.45, 2.75) is 27.7 Å². The molecule has 0 atom stereocenters. The molecule has 0 bridgehead atoms. The monoisotopic (exact) mass is 579 g/mol. The van der Waals surface area contributed by atoms with Crippen molar-refractivity contribution < 1.29 is 18.1 Å². The Morgan fingerprint density at radius 1 is 0.825 bits per heavy atom. The van der Waals surface area contributed by atoms with Crippen LogP contribution in [0.25, 0.3) is 5.57 Å². The first-order valence-corrected chi connectivity index (χ1v) is 12.9. The SMILES string of the molecule is CC1=CC(C)=N/C1=C(/c1ccc(Oc2nc(Cl)nc(Oc3ccc(Cl)cc3)n2)cc1)c1c(C)cc(C)n1B(F)F. The largest absolute Gasteiger partial charge is 0.677 e. The van der Waals surface area contributed by atoms with Gasteiger partial charge in [0.25, 0.3) is 0 Å². The number of benzene rings is 2. The molecule has 2 aromatic heterocycles. The molecule has 5 rings (SSSR count). The normalized spacial score (nSPS) is 14.1. The number of hydrogen-bond acceptors (Lipinski definition) is 6. The Hall–Kier alpha value is -4.02. The number of nitrogens with zero attached hydrogens (tertiary/aromatic N) is 5. The van der Waals surface area contributed by atoms with E-state index < -0.39 is 7.40 Å². The number of rotatable bonds is 7. The predicted molar refractivity (Wildman–Crippen MR) is 153 cm³/mol. The number of halogens is 4. The Balaban J connectivity index is 1.49. The third-order valence-corrected chi connectivity index (χ3v) is 6.54. The molecule has 0 saturated heterocycles. The van der Waals surface area contributed by atoms with Gasteiger partial charge in [0.05, 0.1) is 5.70 Å². The molecule has 4 aromatic rings. The van der Waals surface area contributed by atoms with Crippen LogP contribution in [-0.4, -0.2) is 32.5 Å². The summed E-state index contributed by atoms with van der Waals surface area (Å²) in [7, 11) is -2.71. The second kappa shape index (κ2) is 11.2. The minimum Gasteiger partial charge on any atom is -0.424 e. The summed E-state index contributed by atoms with van der Waals surface area (Å²) in [6.45, 7) is 7.27. The first kappa shape index (κ1) is 27.5. The molecular weight excluding hydrogens is 558 g/mol. The van der Waals surface area contributed by atoms with E-state index in [1.165, 1.54) is 0 Å². The van der Waals surface area contributed by atoms with Crippen molar-refractivity contribution in [3.63, 3.8) is 0 Å². The smallest absolute Gasteiger partial charge is 0.424 e. The van der Waals surface area contributed by atoms with Crippen LogP contribution in [0.5, 0.6) is 23.5 Å². The van der Waals surface area contributed by atoms with E-state index in [9.17, 15) is 8.63 Å². The number of allylic oxidation sites excluding steroid dienone is 2. The summed E-state index contributed by atoms with van der Waals surface area (Å²) in [4.78, 5) is 16.8. The number of hydrogen-bond donors (Lipinski definition) is 0. The van der Waals surface area contributed by atoms with Crippen LogP contribution in [0.3, 0.4) is 0 Å². The van der Waals surface area contributed by atoms with Gasteiger partial charge in [0, 0.05) is 27.7 Å². The van der Waals surface area contributed by atoms with Gasteiger partial charge < -0.3 is 14.0 Å². The van der Waals surface area contributed by atoms with Gasteiger partial charge in [-0.1, -0.05) is 23.7 Å². The molecule has 40 heavy (non-hydrogen) atoms. The lowest BCUT2D eigenvalue weighted by molar-refractivity contribution is 0.397. The van der Waals surface area contributed by atoms with E-state index in [1.54, 1.807) is 61.5 Å². The van der Waals surface area contributed by atoms with Crippen molar-refractivity contribution in [1.82, 2.24) is 19.4 Å². The lowest BCUT2D eigenvalue weighted by Gasteiger charge is -2.17. The molecule has 0 radical (unpaired) electrons. The van der Waals surface area contributed by atoms with E-state index in [1.807, 2.05) is 26.8 Å². The van der Waals surface area contributed by atoms with Gasteiger partial charge in [-0.15, -0.1) is 4.98 Å². The molecule has 1 aliphatic rings. The minimum atomic E-state index is -2.71. The van der Waals surface area contributed by atoms with Crippen LogP contribution in [0.4, 0.5) is 8.63 Å². The highest BCUT2D eigenvalue weighted by atomic mass is 35.5. The van der Waals surface area contributed by atoms with Crippen LogP contribution in [-0.2, 0) is 0 Å². The van der Waals surface area contributed by atoms with E-state index in [0.717, 1.165) is 21.3 Å². The molecule has 0 fully saturated rings. The van der Waals surface area contributed by atoms with Gasteiger partial charge in [0.2, 0.25) is 5.28 Å². The molecule has 0 saturated carbocycles. The zero-order chi connectivity index (χ0) is 28.6. The maximum absolute atomic E-state index is 14.2. The number of aromatic nitrogens is 4. The van der Waals surface area contributed by atoms with E-state index in [-0.39, 0.29) is 17.3 Å². The third-order valence-electron chi connectivity index (χ3n) is 6.12. The van der Waals surface area contributed by atoms with Gasteiger partial charge in [0.1, 0.15) is 11.5 Å². The molecule has 0 spiro atoms. The summed E-state index contributed by atoms with van der Waals surface area (Å²) in [6.07, 6.45) is 1.93. The van der Waals surface area contributed by atoms with Gasteiger partial charge in [-0.25, -0.2) is 0 Å². The fourth-order valence-corrected chi connectivity index (χ4v) is 4.78. The molecule has 0 unspecified atom stereocenters. The van der Waals surface area contributed by atoms with Crippen molar-refractivity contribution >= 4 is 41.9 Å². The number of ether oxygens (including phenoxy) is 2. The molecule has 7 nitrogen and oxygen atoms in total. The highest BCUT2D eigenvalue weighted by Crippen LogP contribution is 2.38. The van der Waals surface area contributed by atoms with E-state index in [0.29, 0.717) is 44.7 Å². The second-order valence-corrected chi connectivity index (χ2v) is 9.90. The molecule has 3 heterocycles. The molecule has 2 aromatic carbocycles. The van der Waals surface area contributed by atoms with Gasteiger partial charge in [-0.2, -0.15) is 9.97 Å². The Labute approximate surface area is 240 Å². The molecule has 1 aliphatic heterocycles. The van der Waals surface area contributed by atoms with Crippen molar-refractivity contribution in [1.29, 1.82) is 0 Å². The molecule has 12 heteroatoms. The van der Waals surface area contributed by atoms with Gasteiger partial charge in [-0.3, -0.25) is 13.6 Å². The zero-order valence-electron chi connectivity index (χ0n) is 21.9. The van der Waals surface area contributed by atoms with Crippen LogP contribution in [0.15, 0.2) is 76.9 Å².